The highest BCUT2D eigenvalue weighted by atomic mass is 16.6. The van der Waals surface area contributed by atoms with E-state index in [1.54, 1.807) is 0 Å². The van der Waals surface area contributed by atoms with Crippen LogP contribution in [0.4, 0.5) is 5.69 Å². The van der Waals surface area contributed by atoms with Crippen molar-refractivity contribution in [3.05, 3.63) is 253 Å². The van der Waals surface area contributed by atoms with Gasteiger partial charge in [0.1, 0.15) is 0 Å². The minimum Gasteiger partial charge on any atom is -0.449 e. The van der Waals surface area contributed by atoms with Crippen molar-refractivity contribution in [2.75, 3.05) is 5.73 Å². The van der Waals surface area contributed by atoms with Gasteiger partial charge in [0.2, 0.25) is 0 Å². The Balaban J connectivity index is 0.978. The number of benzene rings is 9. The maximum Gasteiger partial charge on any atom is 0.178 e. The molecule has 0 unspecified atom stereocenters. The van der Waals surface area contributed by atoms with Crippen LogP contribution < -0.4 is 15.2 Å². The zero-order chi connectivity index (χ0) is 42.6. The monoisotopic (exact) mass is 820 g/mol. The summed E-state index contributed by atoms with van der Waals surface area (Å²) in [6.07, 6.45) is 0. The van der Waals surface area contributed by atoms with Crippen LogP contribution in [0.25, 0.3) is 67.0 Å². The highest BCUT2D eigenvalue weighted by molar-refractivity contribution is 5.93. The molecule has 302 valence electrons. The van der Waals surface area contributed by atoms with E-state index in [-0.39, 0.29) is 0 Å². The molecule has 0 bridgehead atoms. The van der Waals surface area contributed by atoms with Gasteiger partial charge in [-0.15, -0.1) is 0 Å². The maximum absolute atomic E-state index is 7.12. The topological polar surface area (TPSA) is 57.4 Å². The molecule has 0 amide bonds. The molecule has 4 nitrogen and oxygen atoms in total. The largest absolute Gasteiger partial charge is 0.449 e. The first-order chi connectivity index (χ1) is 31.6. The zero-order valence-corrected chi connectivity index (χ0v) is 34.8. The van der Waals surface area contributed by atoms with Gasteiger partial charge in [0.05, 0.1) is 16.8 Å². The van der Waals surface area contributed by atoms with Crippen LogP contribution in [0.1, 0.15) is 22.3 Å². The fourth-order valence-electron chi connectivity index (χ4n) is 9.89. The van der Waals surface area contributed by atoms with Crippen LogP contribution in [-0.4, -0.2) is 4.98 Å². The molecule has 10 aromatic rings. The summed E-state index contributed by atoms with van der Waals surface area (Å²) in [6, 6.07) is 80.8. The summed E-state index contributed by atoms with van der Waals surface area (Å²) in [6.45, 7) is 0. The third-order valence-electron chi connectivity index (χ3n) is 12.7. The molecule has 1 aromatic heterocycles. The van der Waals surface area contributed by atoms with Crippen molar-refractivity contribution in [3.63, 3.8) is 0 Å². The lowest BCUT2D eigenvalue weighted by atomic mass is 9.68. The molecule has 1 aliphatic heterocycles. The summed E-state index contributed by atoms with van der Waals surface area (Å²) in [5.41, 5.74) is 23.6. The molecule has 0 spiro atoms. The van der Waals surface area contributed by atoms with Gasteiger partial charge in [0, 0.05) is 22.4 Å². The van der Waals surface area contributed by atoms with Crippen molar-refractivity contribution in [2.45, 2.75) is 5.41 Å². The summed E-state index contributed by atoms with van der Waals surface area (Å²) in [4.78, 5) is 5.27. The van der Waals surface area contributed by atoms with E-state index in [1.165, 1.54) is 22.3 Å². The SMILES string of the molecule is Nc1cccc(-c2cccc(-c3cc(-c4ccccc4-c4ccc5c(c4)Oc4c(ccc6c4-c4ccccc4C6(c4ccccc4)c4ccccc4)O5)cc(-c4ccccc4)n3)c2)c1. The molecule has 0 radical (unpaired) electrons. The van der Waals surface area contributed by atoms with Crippen LogP contribution in [0.3, 0.4) is 0 Å². The van der Waals surface area contributed by atoms with Crippen LogP contribution in [0.5, 0.6) is 23.0 Å². The van der Waals surface area contributed by atoms with Crippen LogP contribution in [0, 0.1) is 0 Å². The van der Waals surface area contributed by atoms with Gasteiger partial charge in [-0.2, -0.15) is 0 Å². The van der Waals surface area contributed by atoms with E-state index in [0.717, 1.165) is 78.5 Å². The van der Waals surface area contributed by atoms with Crippen molar-refractivity contribution < 1.29 is 9.47 Å². The van der Waals surface area contributed by atoms with E-state index < -0.39 is 5.41 Å². The zero-order valence-electron chi connectivity index (χ0n) is 34.8. The van der Waals surface area contributed by atoms with Gasteiger partial charge in [-0.3, -0.25) is 0 Å². The third-order valence-corrected chi connectivity index (χ3v) is 12.7. The number of fused-ring (bicyclic) bond motifs is 6. The van der Waals surface area contributed by atoms with Crippen LogP contribution in [0.15, 0.2) is 231 Å². The Labute approximate surface area is 372 Å². The minimum absolute atomic E-state index is 0.549. The maximum atomic E-state index is 7.12. The van der Waals surface area contributed by atoms with Crippen molar-refractivity contribution in [1.29, 1.82) is 0 Å². The van der Waals surface area contributed by atoms with Gasteiger partial charge >= 0.3 is 0 Å². The minimum atomic E-state index is -0.549. The second-order valence-electron chi connectivity index (χ2n) is 16.5. The molecule has 2 N–H and O–H groups in total. The predicted molar refractivity (Wildman–Crippen MR) is 260 cm³/mol. The van der Waals surface area contributed by atoms with Crippen LogP contribution in [-0.2, 0) is 5.41 Å². The highest BCUT2D eigenvalue weighted by Crippen LogP contribution is 2.62. The molecule has 0 saturated heterocycles. The van der Waals surface area contributed by atoms with Crippen LogP contribution in [0.2, 0.25) is 0 Å². The second kappa shape index (κ2) is 15.2. The molecule has 0 fully saturated rings. The predicted octanol–water partition coefficient (Wildman–Crippen LogP) is 15.3. The Morgan fingerprint density at radius 1 is 0.344 bits per heavy atom. The molecule has 2 heterocycles. The Hall–Kier alpha value is -8.47. The lowest BCUT2D eigenvalue weighted by Crippen LogP contribution is -2.28. The van der Waals surface area contributed by atoms with Crippen molar-refractivity contribution in [2.24, 2.45) is 0 Å². The fraction of sp³-hybridized carbons (Fsp3) is 0.0167. The van der Waals surface area contributed by atoms with Crippen molar-refractivity contribution in [3.8, 4) is 90.0 Å². The van der Waals surface area contributed by atoms with Gasteiger partial charge in [-0.05, 0) is 110 Å². The Morgan fingerprint density at radius 3 is 1.62 bits per heavy atom. The quantitative estimate of drug-likeness (QED) is 0.163. The number of rotatable bonds is 7. The number of nitrogens with two attached hydrogens (primary N) is 1. The van der Waals surface area contributed by atoms with E-state index in [2.05, 4.69) is 200 Å². The molecule has 0 saturated carbocycles. The molecule has 4 heteroatoms. The van der Waals surface area contributed by atoms with Gasteiger partial charge in [-0.1, -0.05) is 182 Å². The number of nitrogen functional groups attached to an aromatic ring is 1. The fourth-order valence-corrected chi connectivity index (χ4v) is 9.89. The van der Waals surface area contributed by atoms with E-state index in [9.17, 15) is 0 Å². The first kappa shape index (κ1) is 37.3. The Morgan fingerprint density at radius 2 is 0.906 bits per heavy atom. The average molecular weight is 821 g/mol. The highest BCUT2D eigenvalue weighted by Gasteiger charge is 2.48. The number of ether oxygens (including phenoxy) is 2. The molecule has 2 aliphatic rings. The summed E-state index contributed by atoms with van der Waals surface area (Å²) in [5, 5.41) is 0. The van der Waals surface area contributed by atoms with E-state index in [1.807, 2.05) is 30.3 Å². The molecule has 9 aromatic carbocycles. The summed E-state index contributed by atoms with van der Waals surface area (Å²) in [5.74, 6) is 2.77. The molecular weight excluding hydrogens is 781 g/mol. The summed E-state index contributed by atoms with van der Waals surface area (Å²) < 4.78 is 13.9. The van der Waals surface area contributed by atoms with Crippen molar-refractivity contribution >= 4 is 5.69 Å². The lowest BCUT2D eigenvalue weighted by molar-refractivity contribution is 0.360. The molecular formula is C60H40N2O2. The number of nitrogens with zero attached hydrogens (tertiary/aromatic N) is 1. The van der Waals surface area contributed by atoms with Crippen molar-refractivity contribution in [1.82, 2.24) is 4.98 Å². The van der Waals surface area contributed by atoms with Gasteiger partial charge in [-0.25, -0.2) is 4.98 Å². The first-order valence-corrected chi connectivity index (χ1v) is 21.6. The standard InChI is InChI=1S/C60H40N2O2/c61-47-25-15-19-41(35-47)40-18-14-20-43(34-40)54-37-44(36-53(62-54)39-16-4-1-5-17-39)49-27-11-10-26-48(49)42-30-32-55-57(38-42)64-59-56(63-55)33-31-52-58(59)50-28-12-13-29-51(50)60(52,45-21-6-2-7-22-45)46-23-8-3-9-24-46/h1-38H,61H2. The van der Waals surface area contributed by atoms with Crippen LogP contribution >= 0.6 is 0 Å². The Bertz CT molecular complexity index is 3360. The smallest absolute Gasteiger partial charge is 0.178 e. The Kier molecular flexibility index (Phi) is 8.84. The van der Waals surface area contributed by atoms with Gasteiger partial charge in [0.15, 0.2) is 23.0 Å². The molecule has 0 atom stereocenters. The average Bonchev–Trinajstić information content (AvgIpc) is 3.68. The first-order valence-electron chi connectivity index (χ1n) is 21.6. The number of pyridine rings is 1. The third kappa shape index (κ3) is 6.11. The number of hydrogen-bond acceptors (Lipinski definition) is 4. The van der Waals surface area contributed by atoms with Gasteiger partial charge < -0.3 is 15.2 Å². The lowest BCUT2D eigenvalue weighted by Gasteiger charge is -2.34. The number of hydrogen-bond donors (Lipinski definition) is 1. The van der Waals surface area contributed by atoms with E-state index in [0.29, 0.717) is 17.2 Å². The van der Waals surface area contributed by atoms with E-state index >= 15 is 0 Å². The second-order valence-corrected chi connectivity index (χ2v) is 16.5. The summed E-state index contributed by atoms with van der Waals surface area (Å²) in [7, 11) is 0. The summed E-state index contributed by atoms with van der Waals surface area (Å²) >= 11 is 0. The number of anilines is 1. The molecule has 64 heavy (non-hydrogen) atoms. The van der Waals surface area contributed by atoms with Gasteiger partial charge in [0.25, 0.3) is 0 Å². The molecule has 12 rings (SSSR count). The normalized spacial score (nSPS) is 12.8. The number of aromatic nitrogens is 1. The van der Waals surface area contributed by atoms with E-state index in [4.69, 9.17) is 20.2 Å². The molecule has 1 aliphatic carbocycles.